The molecular formula is C11H15N3O4. The number of nitrogens with one attached hydrogen (secondary N) is 1. The summed E-state index contributed by atoms with van der Waals surface area (Å²) < 4.78 is 5.05. The van der Waals surface area contributed by atoms with E-state index in [4.69, 9.17) is 4.74 Å². The van der Waals surface area contributed by atoms with Crippen molar-refractivity contribution in [3.63, 3.8) is 0 Å². The zero-order valence-corrected chi connectivity index (χ0v) is 10.7. The molecular weight excluding hydrogens is 238 g/mol. The minimum absolute atomic E-state index is 0.188. The predicted octanol–water partition coefficient (Wildman–Crippen LogP) is 2.65. The fourth-order valence-corrected chi connectivity index (χ4v) is 1.16. The monoisotopic (exact) mass is 253 g/mol. The van der Waals surface area contributed by atoms with E-state index in [9.17, 15) is 14.9 Å². The molecule has 1 N–H and O–H groups in total. The summed E-state index contributed by atoms with van der Waals surface area (Å²) in [6.07, 6.45) is 0.461. The number of nitrogens with zero attached hydrogens (tertiary/aromatic N) is 2. The molecule has 1 aromatic rings. The van der Waals surface area contributed by atoms with Crippen LogP contribution in [0.1, 0.15) is 26.5 Å². The molecule has 0 aliphatic carbocycles. The lowest BCUT2D eigenvalue weighted by atomic mass is 10.2. The fraction of sp³-hybridized carbons (Fsp3) is 0.455. The van der Waals surface area contributed by atoms with Gasteiger partial charge in [-0.3, -0.25) is 20.4 Å². The molecule has 0 atom stereocenters. The Balaban J connectivity index is 2.87. The molecule has 1 heterocycles. The smallest absolute Gasteiger partial charge is 0.412 e. The molecule has 0 radical (unpaired) electrons. The Kier molecular flexibility index (Phi) is 3.85. The number of carbonyl (C=O) groups excluding carboxylic acids is 1. The maximum Gasteiger partial charge on any atom is 0.412 e. The van der Waals surface area contributed by atoms with Crippen molar-refractivity contribution < 1.29 is 14.5 Å². The van der Waals surface area contributed by atoms with Crippen LogP contribution in [-0.4, -0.2) is 21.6 Å². The van der Waals surface area contributed by atoms with Crippen LogP contribution in [-0.2, 0) is 4.74 Å². The van der Waals surface area contributed by atoms with E-state index in [1.807, 2.05) is 0 Å². The zero-order chi connectivity index (χ0) is 13.9. The molecule has 18 heavy (non-hydrogen) atoms. The van der Waals surface area contributed by atoms with Crippen molar-refractivity contribution in [3.05, 3.63) is 28.1 Å². The first-order valence-electron chi connectivity index (χ1n) is 5.30. The van der Waals surface area contributed by atoms with Gasteiger partial charge in [0, 0.05) is 6.07 Å². The number of nitro groups is 1. The second-order valence-corrected chi connectivity index (χ2v) is 4.71. The van der Waals surface area contributed by atoms with Gasteiger partial charge in [-0.2, -0.15) is 0 Å². The summed E-state index contributed by atoms with van der Waals surface area (Å²) in [5.74, 6) is 0. The Morgan fingerprint density at radius 3 is 2.61 bits per heavy atom. The average Bonchev–Trinajstić information content (AvgIpc) is 2.18. The number of aryl methyl sites for hydroxylation is 1. The molecule has 0 unspecified atom stereocenters. The van der Waals surface area contributed by atoms with Gasteiger partial charge in [0.1, 0.15) is 11.8 Å². The SMILES string of the molecule is Cc1ncc([N+](=O)[O-])cc1NC(=O)OC(C)(C)C. The van der Waals surface area contributed by atoms with Crippen LogP contribution < -0.4 is 5.32 Å². The number of rotatable bonds is 2. The van der Waals surface area contributed by atoms with Gasteiger partial charge in [0.25, 0.3) is 5.69 Å². The molecule has 0 aliphatic rings. The van der Waals surface area contributed by atoms with Crippen LogP contribution in [0.2, 0.25) is 0 Å². The Morgan fingerprint density at radius 1 is 1.50 bits per heavy atom. The number of anilines is 1. The highest BCUT2D eigenvalue weighted by Crippen LogP contribution is 2.20. The third-order valence-electron chi connectivity index (χ3n) is 1.92. The van der Waals surface area contributed by atoms with E-state index in [1.54, 1.807) is 27.7 Å². The molecule has 0 aliphatic heterocycles. The van der Waals surface area contributed by atoms with Crippen molar-refractivity contribution >= 4 is 17.5 Å². The number of carbonyl (C=O) groups is 1. The van der Waals surface area contributed by atoms with Crippen LogP contribution in [0.3, 0.4) is 0 Å². The second-order valence-electron chi connectivity index (χ2n) is 4.71. The van der Waals surface area contributed by atoms with Crippen LogP contribution in [0.15, 0.2) is 12.3 Å². The standard InChI is InChI=1S/C11H15N3O4/c1-7-9(5-8(6-12-7)14(16)17)13-10(15)18-11(2,3)4/h5-6H,1-4H3,(H,13,15). The van der Waals surface area contributed by atoms with Crippen LogP contribution in [0, 0.1) is 17.0 Å². The van der Waals surface area contributed by atoms with Gasteiger partial charge in [-0.15, -0.1) is 0 Å². The highest BCUT2D eigenvalue weighted by atomic mass is 16.6. The highest BCUT2D eigenvalue weighted by molar-refractivity contribution is 5.86. The number of ether oxygens (including phenoxy) is 1. The van der Waals surface area contributed by atoms with Crippen molar-refractivity contribution in [2.45, 2.75) is 33.3 Å². The van der Waals surface area contributed by atoms with E-state index in [-0.39, 0.29) is 11.4 Å². The summed E-state index contributed by atoms with van der Waals surface area (Å²) in [5, 5.41) is 13.0. The minimum Gasteiger partial charge on any atom is -0.444 e. The summed E-state index contributed by atoms with van der Waals surface area (Å²) in [6, 6.07) is 1.24. The van der Waals surface area contributed by atoms with Crippen LogP contribution >= 0.6 is 0 Å². The third kappa shape index (κ3) is 4.00. The first-order chi connectivity index (χ1) is 8.19. The van der Waals surface area contributed by atoms with Gasteiger partial charge >= 0.3 is 6.09 Å². The number of aromatic nitrogens is 1. The highest BCUT2D eigenvalue weighted by Gasteiger charge is 2.18. The van der Waals surface area contributed by atoms with E-state index in [0.717, 1.165) is 6.20 Å². The number of hydrogen-bond acceptors (Lipinski definition) is 5. The van der Waals surface area contributed by atoms with Gasteiger partial charge in [0.15, 0.2) is 0 Å². The van der Waals surface area contributed by atoms with Gasteiger partial charge in [0.2, 0.25) is 0 Å². The Bertz CT molecular complexity index is 480. The summed E-state index contributed by atoms with van der Waals surface area (Å²) in [6.45, 7) is 6.82. The predicted molar refractivity (Wildman–Crippen MR) is 65.5 cm³/mol. The van der Waals surface area contributed by atoms with Crippen molar-refractivity contribution in [2.75, 3.05) is 5.32 Å². The molecule has 1 rings (SSSR count). The number of pyridine rings is 1. The molecule has 98 valence electrons. The quantitative estimate of drug-likeness (QED) is 0.645. The summed E-state index contributed by atoms with van der Waals surface area (Å²) >= 11 is 0. The first-order valence-corrected chi connectivity index (χ1v) is 5.30. The molecule has 7 nitrogen and oxygen atoms in total. The number of amides is 1. The Labute approximate surface area is 104 Å². The van der Waals surface area contributed by atoms with Crippen LogP contribution in [0.25, 0.3) is 0 Å². The van der Waals surface area contributed by atoms with Crippen molar-refractivity contribution in [1.29, 1.82) is 0 Å². The minimum atomic E-state index is -0.673. The van der Waals surface area contributed by atoms with Crippen molar-refractivity contribution in [3.8, 4) is 0 Å². The van der Waals surface area contributed by atoms with E-state index >= 15 is 0 Å². The molecule has 1 amide bonds. The lowest BCUT2D eigenvalue weighted by Gasteiger charge is -2.19. The van der Waals surface area contributed by atoms with Gasteiger partial charge in [-0.1, -0.05) is 0 Å². The topological polar surface area (TPSA) is 94.4 Å². The van der Waals surface area contributed by atoms with E-state index < -0.39 is 16.6 Å². The van der Waals surface area contributed by atoms with Crippen LogP contribution in [0.4, 0.5) is 16.2 Å². The molecule has 0 saturated carbocycles. The van der Waals surface area contributed by atoms with Crippen molar-refractivity contribution in [1.82, 2.24) is 4.98 Å². The Hall–Kier alpha value is -2.18. The van der Waals surface area contributed by atoms with Gasteiger partial charge < -0.3 is 4.74 Å². The lowest BCUT2D eigenvalue weighted by Crippen LogP contribution is -2.27. The maximum absolute atomic E-state index is 11.5. The summed E-state index contributed by atoms with van der Waals surface area (Å²) in [5.41, 5.74) is -0.0804. The van der Waals surface area contributed by atoms with Crippen molar-refractivity contribution in [2.24, 2.45) is 0 Å². The van der Waals surface area contributed by atoms with E-state index in [0.29, 0.717) is 5.69 Å². The number of hydrogen-bond donors (Lipinski definition) is 1. The van der Waals surface area contributed by atoms with Gasteiger partial charge in [-0.25, -0.2) is 4.79 Å². The van der Waals surface area contributed by atoms with E-state index in [1.165, 1.54) is 6.07 Å². The second kappa shape index (κ2) is 4.99. The summed E-state index contributed by atoms with van der Waals surface area (Å²) in [4.78, 5) is 25.4. The third-order valence-corrected chi connectivity index (χ3v) is 1.92. The average molecular weight is 253 g/mol. The molecule has 0 spiro atoms. The first kappa shape index (κ1) is 13.9. The molecule has 0 bridgehead atoms. The zero-order valence-electron chi connectivity index (χ0n) is 10.7. The molecule has 0 aromatic carbocycles. The fourth-order valence-electron chi connectivity index (χ4n) is 1.16. The largest absolute Gasteiger partial charge is 0.444 e. The van der Waals surface area contributed by atoms with Gasteiger partial charge in [-0.05, 0) is 27.7 Å². The maximum atomic E-state index is 11.5. The van der Waals surface area contributed by atoms with Gasteiger partial charge in [0.05, 0.1) is 16.3 Å². The molecule has 0 saturated heterocycles. The summed E-state index contributed by atoms with van der Waals surface area (Å²) in [7, 11) is 0. The molecule has 1 aromatic heterocycles. The van der Waals surface area contributed by atoms with Crippen LogP contribution in [0.5, 0.6) is 0 Å². The normalized spacial score (nSPS) is 10.9. The lowest BCUT2D eigenvalue weighted by molar-refractivity contribution is -0.385. The molecule has 7 heteroatoms. The van der Waals surface area contributed by atoms with E-state index in [2.05, 4.69) is 10.3 Å². The molecule has 0 fully saturated rings. The Morgan fingerprint density at radius 2 is 2.11 bits per heavy atom.